The third kappa shape index (κ3) is 4.00. The molecular weight excluding hydrogens is 374 g/mol. The van der Waals surface area contributed by atoms with Gasteiger partial charge in [0.2, 0.25) is 0 Å². The zero-order valence-electron chi connectivity index (χ0n) is 16.6. The third-order valence-electron chi connectivity index (χ3n) is 4.66. The molecule has 4 rings (SSSR count). The van der Waals surface area contributed by atoms with Crippen LogP contribution in [0.1, 0.15) is 0 Å². The van der Waals surface area contributed by atoms with E-state index in [9.17, 15) is 4.79 Å². The Balaban J connectivity index is 1.84. The van der Waals surface area contributed by atoms with Crippen LogP contribution in [0, 0.1) is 0 Å². The number of aromatic nitrogens is 1. The minimum absolute atomic E-state index is 0.205. The van der Waals surface area contributed by atoms with Gasteiger partial charge in [0.05, 0.1) is 29.9 Å². The molecule has 5 heteroatoms. The first kappa shape index (κ1) is 19.2. The maximum atomic E-state index is 14.0. The molecule has 0 saturated heterocycles. The van der Waals surface area contributed by atoms with E-state index in [4.69, 9.17) is 4.74 Å². The van der Waals surface area contributed by atoms with Gasteiger partial charge >= 0.3 is 6.03 Å². The molecule has 0 aliphatic carbocycles. The molecule has 0 aliphatic heterocycles. The number of urea groups is 1. The first-order valence-corrected chi connectivity index (χ1v) is 9.56. The average molecular weight is 395 g/mol. The fourth-order valence-electron chi connectivity index (χ4n) is 3.22. The van der Waals surface area contributed by atoms with Crippen LogP contribution in [0.3, 0.4) is 0 Å². The van der Waals surface area contributed by atoms with Crippen molar-refractivity contribution in [1.29, 1.82) is 0 Å². The molecule has 1 aromatic heterocycles. The van der Waals surface area contributed by atoms with Crippen LogP contribution in [-0.2, 0) is 0 Å². The van der Waals surface area contributed by atoms with Gasteiger partial charge in [-0.15, -0.1) is 0 Å². The fourth-order valence-corrected chi connectivity index (χ4v) is 3.22. The highest BCUT2D eigenvalue weighted by molar-refractivity contribution is 6.12. The van der Waals surface area contributed by atoms with E-state index in [1.54, 1.807) is 29.3 Å². The van der Waals surface area contributed by atoms with Gasteiger partial charge in [0.1, 0.15) is 5.75 Å². The molecule has 0 atom stereocenters. The summed E-state index contributed by atoms with van der Waals surface area (Å²) in [5, 5.41) is 0. The van der Waals surface area contributed by atoms with Crippen LogP contribution in [0.25, 0.3) is 0 Å². The Kier molecular flexibility index (Phi) is 5.71. The van der Waals surface area contributed by atoms with Crippen LogP contribution < -0.4 is 14.5 Å². The molecule has 0 bridgehead atoms. The second-order valence-electron chi connectivity index (χ2n) is 6.53. The standard InChI is InChI=1S/C25H21N3O2/c1-30-24-14-12-22(13-15-24)28(23-16-18-26-19-17-23)25(29)27(20-8-4-2-5-9-20)21-10-6-3-7-11-21/h2-19H,1H3. The van der Waals surface area contributed by atoms with Crippen LogP contribution in [0.5, 0.6) is 5.75 Å². The summed E-state index contributed by atoms with van der Waals surface area (Å²) in [6.07, 6.45) is 3.35. The smallest absolute Gasteiger partial charge is 0.338 e. The molecule has 1 heterocycles. The van der Waals surface area contributed by atoms with Gasteiger partial charge in [0, 0.05) is 12.4 Å². The fraction of sp³-hybridized carbons (Fsp3) is 0.0400. The van der Waals surface area contributed by atoms with Gasteiger partial charge in [-0.25, -0.2) is 4.79 Å². The zero-order chi connectivity index (χ0) is 20.8. The molecule has 0 radical (unpaired) electrons. The zero-order valence-corrected chi connectivity index (χ0v) is 16.6. The molecule has 148 valence electrons. The number of benzene rings is 3. The molecule has 0 unspecified atom stereocenters. The van der Waals surface area contributed by atoms with Gasteiger partial charge in [-0.3, -0.25) is 14.8 Å². The van der Waals surface area contributed by atoms with E-state index >= 15 is 0 Å². The van der Waals surface area contributed by atoms with Crippen LogP contribution >= 0.6 is 0 Å². The molecule has 0 saturated carbocycles. The molecule has 2 amide bonds. The Morgan fingerprint density at radius 1 is 0.633 bits per heavy atom. The van der Waals surface area contributed by atoms with E-state index in [2.05, 4.69) is 4.98 Å². The monoisotopic (exact) mass is 395 g/mol. The van der Waals surface area contributed by atoms with Gasteiger partial charge in [0.15, 0.2) is 0 Å². The number of methoxy groups -OCH3 is 1. The molecule has 0 aliphatic rings. The molecule has 0 fully saturated rings. The lowest BCUT2D eigenvalue weighted by Crippen LogP contribution is -2.38. The SMILES string of the molecule is COc1ccc(N(C(=O)N(c2ccccc2)c2ccccc2)c2ccncc2)cc1. The number of carbonyl (C=O) groups excluding carboxylic acids is 1. The molecule has 30 heavy (non-hydrogen) atoms. The van der Waals surface area contributed by atoms with Crippen LogP contribution in [0.15, 0.2) is 109 Å². The first-order valence-electron chi connectivity index (χ1n) is 9.56. The summed E-state index contributed by atoms with van der Waals surface area (Å²) in [7, 11) is 1.62. The lowest BCUT2D eigenvalue weighted by Gasteiger charge is -2.31. The van der Waals surface area contributed by atoms with Crippen molar-refractivity contribution in [1.82, 2.24) is 4.98 Å². The summed E-state index contributed by atoms with van der Waals surface area (Å²) in [6.45, 7) is 0. The number of ether oxygens (including phenoxy) is 1. The normalized spacial score (nSPS) is 10.3. The van der Waals surface area contributed by atoms with Crippen molar-refractivity contribution in [3.8, 4) is 5.75 Å². The van der Waals surface area contributed by atoms with E-state index in [0.29, 0.717) is 0 Å². The highest BCUT2D eigenvalue weighted by atomic mass is 16.5. The Bertz CT molecular complexity index is 1050. The lowest BCUT2D eigenvalue weighted by atomic mass is 10.2. The second-order valence-corrected chi connectivity index (χ2v) is 6.53. The number of hydrogen-bond acceptors (Lipinski definition) is 3. The number of pyridine rings is 1. The number of hydrogen-bond donors (Lipinski definition) is 0. The third-order valence-corrected chi connectivity index (χ3v) is 4.66. The van der Waals surface area contributed by atoms with Crippen molar-refractivity contribution in [2.45, 2.75) is 0 Å². The largest absolute Gasteiger partial charge is 0.497 e. The van der Waals surface area contributed by atoms with Crippen molar-refractivity contribution < 1.29 is 9.53 Å². The molecule has 4 aromatic rings. The van der Waals surface area contributed by atoms with E-state index in [-0.39, 0.29) is 6.03 Å². The van der Waals surface area contributed by atoms with Crippen molar-refractivity contribution in [2.24, 2.45) is 0 Å². The van der Waals surface area contributed by atoms with Gasteiger partial charge in [-0.1, -0.05) is 36.4 Å². The lowest BCUT2D eigenvalue weighted by molar-refractivity contribution is 0.255. The molecule has 3 aromatic carbocycles. The number of para-hydroxylation sites is 2. The van der Waals surface area contributed by atoms with Crippen molar-refractivity contribution >= 4 is 28.8 Å². The Morgan fingerprint density at radius 2 is 1.07 bits per heavy atom. The van der Waals surface area contributed by atoms with Crippen LogP contribution in [0.2, 0.25) is 0 Å². The quantitative estimate of drug-likeness (QED) is 0.405. The van der Waals surface area contributed by atoms with Gasteiger partial charge in [0.25, 0.3) is 0 Å². The van der Waals surface area contributed by atoms with E-state index in [1.165, 1.54) is 0 Å². The van der Waals surface area contributed by atoms with E-state index in [1.807, 2.05) is 97.1 Å². The summed E-state index contributed by atoms with van der Waals surface area (Å²) in [4.78, 5) is 21.5. The number of carbonyl (C=O) groups is 1. The minimum atomic E-state index is -0.205. The topological polar surface area (TPSA) is 45.7 Å². The Morgan fingerprint density at radius 3 is 1.53 bits per heavy atom. The van der Waals surface area contributed by atoms with E-state index in [0.717, 1.165) is 28.5 Å². The van der Waals surface area contributed by atoms with E-state index < -0.39 is 0 Å². The number of nitrogens with zero attached hydrogens (tertiary/aromatic N) is 3. The predicted molar refractivity (Wildman–Crippen MR) is 120 cm³/mol. The molecule has 0 N–H and O–H groups in total. The number of anilines is 4. The molecular formula is C25H21N3O2. The molecule has 5 nitrogen and oxygen atoms in total. The highest BCUT2D eigenvalue weighted by Gasteiger charge is 2.26. The molecule has 0 spiro atoms. The van der Waals surface area contributed by atoms with Crippen LogP contribution in [0.4, 0.5) is 27.5 Å². The van der Waals surface area contributed by atoms with Crippen molar-refractivity contribution in [3.05, 3.63) is 109 Å². The Labute approximate surface area is 175 Å². The minimum Gasteiger partial charge on any atom is -0.497 e. The average Bonchev–Trinajstić information content (AvgIpc) is 2.82. The highest BCUT2D eigenvalue weighted by Crippen LogP contribution is 2.33. The Hall–Kier alpha value is -4.12. The number of rotatable bonds is 5. The first-order chi connectivity index (χ1) is 14.8. The maximum Gasteiger partial charge on any atom is 0.338 e. The summed E-state index contributed by atoms with van der Waals surface area (Å²) < 4.78 is 5.28. The summed E-state index contributed by atoms with van der Waals surface area (Å²) in [5.41, 5.74) is 3.00. The van der Waals surface area contributed by atoms with Crippen molar-refractivity contribution in [3.63, 3.8) is 0 Å². The predicted octanol–water partition coefficient (Wildman–Crippen LogP) is 6.19. The van der Waals surface area contributed by atoms with Gasteiger partial charge < -0.3 is 4.74 Å². The van der Waals surface area contributed by atoms with Crippen molar-refractivity contribution in [2.75, 3.05) is 16.9 Å². The number of amides is 2. The maximum absolute atomic E-state index is 14.0. The second kappa shape index (κ2) is 8.92. The summed E-state index contributed by atoms with van der Waals surface area (Å²) in [5.74, 6) is 0.726. The van der Waals surface area contributed by atoms with Gasteiger partial charge in [-0.2, -0.15) is 0 Å². The summed E-state index contributed by atoms with van der Waals surface area (Å²) in [6, 6.07) is 30.1. The van der Waals surface area contributed by atoms with Gasteiger partial charge in [-0.05, 0) is 60.7 Å². The van der Waals surface area contributed by atoms with Crippen LogP contribution in [-0.4, -0.2) is 18.1 Å². The summed E-state index contributed by atoms with van der Waals surface area (Å²) >= 11 is 0.